The molecule has 1 heterocycles. The fourth-order valence-corrected chi connectivity index (χ4v) is 4.60. The van der Waals surface area contributed by atoms with Gasteiger partial charge >= 0.3 is 5.97 Å². The molecule has 1 spiro atoms. The minimum atomic E-state index is -1.34. The molecule has 2 N–H and O–H groups in total. The summed E-state index contributed by atoms with van der Waals surface area (Å²) in [4.78, 5) is 23.7. The molecule has 0 aromatic rings. The third kappa shape index (κ3) is 1.45. The number of carbonyl (C=O) groups excluding carboxylic acids is 2. The van der Waals surface area contributed by atoms with Crippen LogP contribution in [0.4, 0.5) is 0 Å². The Labute approximate surface area is 117 Å². The van der Waals surface area contributed by atoms with E-state index in [1.54, 1.807) is 6.08 Å². The van der Waals surface area contributed by atoms with E-state index < -0.39 is 29.7 Å². The van der Waals surface area contributed by atoms with E-state index in [1.165, 1.54) is 0 Å². The van der Waals surface area contributed by atoms with Gasteiger partial charge in [-0.1, -0.05) is 19.9 Å². The fraction of sp³-hybridized carbons (Fsp3) is 0.733. The molecule has 1 unspecified atom stereocenters. The standard InChI is InChI=1S/C15H20O5/c1-14(2)6-5-10(17)15-9(14)4-3-8(7-16)11(15)12(18)20-13(15)19/h3,7,9-12,17-18H,4-6H2,1-2H3/t9-,10-,11+,12-,15?/m0/s1. The van der Waals surface area contributed by atoms with Crippen molar-refractivity contribution in [2.24, 2.45) is 22.7 Å². The highest BCUT2D eigenvalue weighted by Gasteiger charge is 2.70. The number of cyclic esters (lactones) is 1. The molecule has 1 aliphatic heterocycles. The monoisotopic (exact) mass is 280 g/mol. The highest BCUT2D eigenvalue weighted by molar-refractivity contribution is 5.86. The smallest absolute Gasteiger partial charge is 0.318 e. The first-order chi connectivity index (χ1) is 9.35. The van der Waals surface area contributed by atoms with Crippen molar-refractivity contribution in [3.63, 3.8) is 0 Å². The topological polar surface area (TPSA) is 83.8 Å². The molecule has 5 nitrogen and oxygen atoms in total. The number of aldehydes is 1. The van der Waals surface area contributed by atoms with Crippen LogP contribution in [0.5, 0.6) is 0 Å². The van der Waals surface area contributed by atoms with Crippen molar-refractivity contribution in [3.05, 3.63) is 11.6 Å². The summed E-state index contributed by atoms with van der Waals surface area (Å²) in [7, 11) is 0. The van der Waals surface area contributed by atoms with Crippen molar-refractivity contribution in [1.82, 2.24) is 0 Å². The quantitative estimate of drug-likeness (QED) is 0.548. The van der Waals surface area contributed by atoms with Crippen molar-refractivity contribution < 1.29 is 24.5 Å². The van der Waals surface area contributed by atoms with Crippen LogP contribution in [0.2, 0.25) is 0 Å². The molecule has 0 aromatic heterocycles. The zero-order valence-electron chi connectivity index (χ0n) is 11.7. The fourth-order valence-electron chi connectivity index (χ4n) is 4.60. The lowest BCUT2D eigenvalue weighted by atomic mass is 9.47. The number of ether oxygens (including phenoxy) is 1. The second kappa shape index (κ2) is 4.15. The Morgan fingerprint density at radius 3 is 2.75 bits per heavy atom. The molecule has 1 saturated heterocycles. The normalized spacial score (nSPS) is 46.0. The Bertz CT molecular complexity index is 494. The molecular formula is C15H20O5. The summed E-state index contributed by atoms with van der Waals surface area (Å²) in [6.07, 6.45) is 2.07. The lowest BCUT2D eigenvalue weighted by molar-refractivity contribution is -0.174. The zero-order chi connectivity index (χ0) is 14.7. The van der Waals surface area contributed by atoms with E-state index in [9.17, 15) is 19.8 Å². The van der Waals surface area contributed by atoms with E-state index in [1.807, 2.05) is 0 Å². The highest BCUT2D eigenvalue weighted by atomic mass is 16.6. The molecule has 0 radical (unpaired) electrons. The first-order valence-electron chi connectivity index (χ1n) is 7.08. The van der Waals surface area contributed by atoms with E-state index in [2.05, 4.69) is 13.8 Å². The van der Waals surface area contributed by atoms with Gasteiger partial charge in [-0.2, -0.15) is 0 Å². The number of rotatable bonds is 1. The first kappa shape index (κ1) is 13.8. The predicted molar refractivity (Wildman–Crippen MR) is 69.3 cm³/mol. The molecule has 0 bridgehead atoms. The Balaban J connectivity index is 2.21. The second-order valence-electron chi connectivity index (χ2n) is 6.86. The minimum absolute atomic E-state index is 0.128. The Kier molecular flexibility index (Phi) is 2.86. The summed E-state index contributed by atoms with van der Waals surface area (Å²) in [5.41, 5.74) is -0.950. The van der Waals surface area contributed by atoms with Gasteiger partial charge in [0, 0.05) is 0 Å². The third-order valence-electron chi connectivity index (χ3n) is 5.60. The molecule has 110 valence electrons. The summed E-state index contributed by atoms with van der Waals surface area (Å²) in [6.45, 7) is 4.14. The van der Waals surface area contributed by atoms with Gasteiger partial charge in [-0.25, -0.2) is 0 Å². The molecule has 2 fully saturated rings. The first-order valence-corrected chi connectivity index (χ1v) is 7.08. The van der Waals surface area contributed by atoms with Crippen LogP contribution in [0.25, 0.3) is 0 Å². The van der Waals surface area contributed by atoms with E-state index in [4.69, 9.17) is 4.74 Å². The van der Waals surface area contributed by atoms with Crippen molar-refractivity contribution in [3.8, 4) is 0 Å². The SMILES string of the molecule is CC1(C)CC[C@H](O)C23C(=O)O[C@H](O)[C@H]2C(C=O)=CC[C@@H]13. The Morgan fingerprint density at radius 1 is 1.40 bits per heavy atom. The number of aliphatic hydroxyl groups excluding tert-OH is 2. The highest BCUT2D eigenvalue weighted by Crippen LogP contribution is 2.63. The average Bonchev–Trinajstić information content (AvgIpc) is 2.67. The van der Waals surface area contributed by atoms with Crippen LogP contribution in [0.1, 0.15) is 33.1 Å². The van der Waals surface area contributed by atoms with E-state index in [-0.39, 0.29) is 11.3 Å². The lowest BCUT2D eigenvalue weighted by Gasteiger charge is -2.54. The molecule has 5 heteroatoms. The molecule has 1 saturated carbocycles. The van der Waals surface area contributed by atoms with Gasteiger partial charge in [0.05, 0.1) is 12.0 Å². The van der Waals surface area contributed by atoms with Crippen LogP contribution in [0.15, 0.2) is 11.6 Å². The van der Waals surface area contributed by atoms with E-state index in [0.29, 0.717) is 24.7 Å². The van der Waals surface area contributed by atoms with Crippen LogP contribution >= 0.6 is 0 Å². The molecule has 3 aliphatic rings. The summed E-state index contributed by atoms with van der Waals surface area (Å²) < 4.78 is 5.02. The van der Waals surface area contributed by atoms with Crippen molar-refractivity contribution >= 4 is 12.3 Å². The van der Waals surface area contributed by atoms with Gasteiger partial charge in [-0.3, -0.25) is 9.59 Å². The molecule has 0 amide bonds. The molecule has 0 aromatic carbocycles. The van der Waals surface area contributed by atoms with Crippen molar-refractivity contribution in [1.29, 1.82) is 0 Å². The second-order valence-corrected chi connectivity index (χ2v) is 6.86. The molecular weight excluding hydrogens is 260 g/mol. The summed E-state index contributed by atoms with van der Waals surface area (Å²) in [5.74, 6) is -1.44. The minimum Gasteiger partial charge on any atom is -0.435 e. The predicted octanol–water partition coefficient (Wildman–Crippen LogP) is 0.790. The summed E-state index contributed by atoms with van der Waals surface area (Å²) in [6, 6.07) is 0. The van der Waals surface area contributed by atoms with Gasteiger partial charge in [0.1, 0.15) is 11.7 Å². The van der Waals surface area contributed by atoms with Crippen LogP contribution in [-0.2, 0) is 14.3 Å². The van der Waals surface area contributed by atoms with Crippen LogP contribution in [-0.4, -0.2) is 34.9 Å². The number of carbonyl (C=O) groups is 2. The Hall–Kier alpha value is -1.20. The molecule has 3 rings (SSSR count). The van der Waals surface area contributed by atoms with Gasteiger partial charge in [-0.15, -0.1) is 0 Å². The van der Waals surface area contributed by atoms with Gasteiger partial charge in [0.25, 0.3) is 0 Å². The molecule has 2 aliphatic carbocycles. The number of aliphatic hydroxyl groups is 2. The Morgan fingerprint density at radius 2 is 2.10 bits per heavy atom. The number of allylic oxidation sites excluding steroid dienone is 1. The average molecular weight is 280 g/mol. The van der Waals surface area contributed by atoms with Crippen molar-refractivity contribution in [2.45, 2.75) is 45.5 Å². The van der Waals surface area contributed by atoms with Crippen LogP contribution in [0.3, 0.4) is 0 Å². The summed E-state index contributed by atoms with van der Waals surface area (Å²) >= 11 is 0. The number of esters is 1. The van der Waals surface area contributed by atoms with Gasteiger partial charge in [0.15, 0.2) is 0 Å². The number of hydrogen-bond donors (Lipinski definition) is 2. The lowest BCUT2D eigenvalue weighted by Crippen LogP contribution is -2.59. The van der Waals surface area contributed by atoms with Crippen LogP contribution in [0, 0.1) is 22.7 Å². The molecule has 5 atom stereocenters. The van der Waals surface area contributed by atoms with Gasteiger partial charge in [0.2, 0.25) is 6.29 Å². The van der Waals surface area contributed by atoms with E-state index >= 15 is 0 Å². The summed E-state index contributed by atoms with van der Waals surface area (Å²) in [5, 5.41) is 20.6. The van der Waals surface area contributed by atoms with Crippen molar-refractivity contribution in [2.75, 3.05) is 0 Å². The van der Waals surface area contributed by atoms with E-state index in [0.717, 1.165) is 6.42 Å². The number of hydrogen-bond acceptors (Lipinski definition) is 5. The zero-order valence-corrected chi connectivity index (χ0v) is 11.7. The molecule has 20 heavy (non-hydrogen) atoms. The maximum atomic E-state index is 12.4. The van der Waals surface area contributed by atoms with Gasteiger partial charge in [-0.05, 0) is 36.2 Å². The maximum absolute atomic E-state index is 12.4. The van der Waals surface area contributed by atoms with Gasteiger partial charge < -0.3 is 14.9 Å². The maximum Gasteiger partial charge on any atom is 0.318 e. The largest absolute Gasteiger partial charge is 0.435 e. The van der Waals surface area contributed by atoms with Crippen LogP contribution < -0.4 is 0 Å². The third-order valence-corrected chi connectivity index (χ3v) is 5.60.